The lowest BCUT2D eigenvalue weighted by molar-refractivity contribution is 0.196. The molecule has 1 N–H and O–H groups in total. The third-order valence-corrected chi connectivity index (χ3v) is 2.47. The molecule has 1 aliphatic rings. The van der Waals surface area contributed by atoms with Gasteiger partial charge in [-0.25, -0.2) is 4.98 Å². The number of ether oxygens (including phenoxy) is 1. The van der Waals surface area contributed by atoms with Gasteiger partial charge in [0.25, 0.3) is 0 Å². The Balaban J connectivity index is 2.32. The number of aliphatic hydroxyl groups is 1. The Labute approximate surface area is 88.1 Å². The summed E-state index contributed by atoms with van der Waals surface area (Å²) in [4.78, 5) is 4.31. The number of aromatic nitrogens is 1. The number of pyridine rings is 1. The largest absolute Gasteiger partial charge is 0.474 e. The standard InChI is InChI=1S/C11H12N2O2/c12-7-9-6-8-2-1-3-10(8)13-11(9)15-5-4-14/h6,14H,1-5H2. The van der Waals surface area contributed by atoms with Gasteiger partial charge in [-0.05, 0) is 30.9 Å². The average molecular weight is 204 g/mol. The molecule has 0 aliphatic heterocycles. The Morgan fingerprint density at radius 3 is 3.13 bits per heavy atom. The minimum absolute atomic E-state index is 0.0658. The predicted molar refractivity (Wildman–Crippen MR) is 53.6 cm³/mol. The van der Waals surface area contributed by atoms with E-state index in [0.29, 0.717) is 11.4 Å². The summed E-state index contributed by atoms with van der Waals surface area (Å²) in [6, 6.07) is 3.91. The second-order valence-corrected chi connectivity index (χ2v) is 3.48. The Hall–Kier alpha value is -1.60. The van der Waals surface area contributed by atoms with Crippen LogP contribution >= 0.6 is 0 Å². The van der Waals surface area contributed by atoms with E-state index in [1.54, 1.807) is 0 Å². The third kappa shape index (κ3) is 1.92. The van der Waals surface area contributed by atoms with E-state index in [-0.39, 0.29) is 13.2 Å². The number of hydrogen-bond donors (Lipinski definition) is 1. The molecular weight excluding hydrogens is 192 g/mol. The van der Waals surface area contributed by atoms with Crippen molar-refractivity contribution in [3.8, 4) is 11.9 Å². The number of nitriles is 1. The molecule has 1 heterocycles. The molecule has 0 aromatic carbocycles. The predicted octanol–water partition coefficient (Wildman–Crippen LogP) is 0.813. The van der Waals surface area contributed by atoms with Gasteiger partial charge in [0.1, 0.15) is 18.2 Å². The average Bonchev–Trinajstić information content (AvgIpc) is 2.71. The van der Waals surface area contributed by atoms with Crippen LogP contribution in [0.4, 0.5) is 0 Å². The van der Waals surface area contributed by atoms with Crippen LogP contribution in [0.3, 0.4) is 0 Å². The molecule has 0 radical (unpaired) electrons. The smallest absolute Gasteiger partial charge is 0.232 e. The van der Waals surface area contributed by atoms with E-state index in [1.165, 1.54) is 0 Å². The van der Waals surface area contributed by atoms with Gasteiger partial charge in [0.15, 0.2) is 0 Å². The second-order valence-electron chi connectivity index (χ2n) is 3.48. The summed E-state index contributed by atoms with van der Waals surface area (Å²) in [5.74, 6) is 0.354. The molecule has 1 aromatic rings. The van der Waals surface area contributed by atoms with Gasteiger partial charge in [0.2, 0.25) is 5.88 Å². The van der Waals surface area contributed by atoms with Crippen LogP contribution in [0, 0.1) is 11.3 Å². The summed E-state index contributed by atoms with van der Waals surface area (Å²) in [7, 11) is 0. The first-order valence-electron chi connectivity index (χ1n) is 5.01. The molecule has 2 rings (SSSR count). The molecule has 0 atom stereocenters. The lowest BCUT2D eigenvalue weighted by Gasteiger charge is -2.07. The van der Waals surface area contributed by atoms with Crippen molar-refractivity contribution in [3.63, 3.8) is 0 Å². The van der Waals surface area contributed by atoms with Gasteiger partial charge in [-0.3, -0.25) is 0 Å². The van der Waals surface area contributed by atoms with Crippen LogP contribution < -0.4 is 4.74 Å². The summed E-state index contributed by atoms with van der Waals surface area (Å²) in [6.45, 7) is 0.115. The molecule has 0 saturated carbocycles. The first-order valence-corrected chi connectivity index (χ1v) is 5.01. The number of aryl methyl sites for hydroxylation is 2. The Kier molecular flexibility index (Phi) is 2.84. The van der Waals surface area contributed by atoms with Crippen molar-refractivity contribution in [1.82, 2.24) is 4.98 Å². The fraction of sp³-hybridized carbons (Fsp3) is 0.455. The van der Waals surface area contributed by atoms with E-state index in [9.17, 15) is 0 Å². The summed E-state index contributed by atoms with van der Waals surface area (Å²) < 4.78 is 5.22. The SMILES string of the molecule is N#Cc1cc2c(nc1OCCO)CCC2. The van der Waals surface area contributed by atoms with Crippen molar-refractivity contribution in [3.05, 3.63) is 22.9 Å². The molecular formula is C11H12N2O2. The molecule has 1 aromatic heterocycles. The van der Waals surface area contributed by atoms with E-state index < -0.39 is 0 Å². The first kappa shape index (κ1) is 9.94. The fourth-order valence-electron chi connectivity index (χ4n) is 1.79. The van der Waals surface area contributed by atoms with Crippen LogP contribution in [0.5, 0.6) is 5.88 Å². The van der Waals surface area contributed by atoms with Crippen LogP contribution in [0.1, 0.15) is 23.2 Å². The van der Waals surface area contributed by atoms with E-state index in [2.05, 4.69) is 11.1 Å². The zero-order valence-electron chi connectivity index (χ0n) is 8.36. The van der Waals surface area contributed by atoms with Gasteiger partial charge in [-0.15, -0.1) is 0 Å². The highest BCUT2D eigenvalue weighted by molar-refractivity contribution is 5.44. The zero-order valence-corrected chi connectivity index (χ0v) is 8.36. The maximum absolute atomic E-state index is 8.92. The third-order valence-electron chi connectivity index (χ3n) is 2.47. The summed E-state index contributed by atoms with van der Waals surface area (Å²) in [5.41, 5.74) is 2.65. The molecule has 0 saturated heterocycles. The molecule has 0 fully saturated rings. The summed E-state index contributed by atoms with van der Waals surface area (Å²) in [5, 5.41) is 17.6. The zero-order chi connectivity index (χ0) is 10.7. The van der Waals surface area contributed by atoms with Crippen molar-refractivity contribution in [2.75, 3.05) is 13.2 Å². The highest BCUT2D eigenvalue weighted by Gasteiger charge is 2.16. The number of aliphatic hydroxyl groups excluding tert-OH is 1. The van der Waals surface area contributed by atoms with Crippen LogP contribution in [-0.4, -0.2) is 23.3 Å². The molecule has 4 nitrogen and oxygen atoms in total. The van der Waals surface area contributed by atoms with Gasteiger partial charge < -0.3 is 9.84 Å². The van der Waals surface area contributed by atoms with Gasteiger partial charge >= 0.3 is 0 Å². The first-order chi connectivity index (χ1) is 7.35. The van der Waals surface area contributed by atoms with E-state index in [1.807, 2.05) is 6.07 Å². The van der Waals surface area contributed by atoms with Crippen LogP contribution in [0.2, 0.25) is 0 Å². The lowest BCUT2D eigenvalue weighted by atomic mass is 10.1. The Morgan fingerprint density at radius 2 is 2.40 bits per heavy atom. The van der Waals surface area contributed by atoms with E-state index in [4.69, 9.17) is 15.1 Å². The summed E-state index contributed by atoms with van der Waals surface area (Å²) >= 11 is 0. The molecule has 0 unspecified atom stereocenters. The Morgan fingerprint density at radius 1 is 1.53 bits per heavy atom. The van der Waals surface area contributed by atoms with Crippen molar-refractivity contribution in [2.45, 2.75) is 19.3 Å². The highest BCUT2D eigenvalue weighted by Crippen LogP contribution is 2.25. The molecule has 0 amide bonds. The topological polar surface area (TPSA) is 66.1 Å². The quantitative estimate of drug-likeness (QED) is 0.791. The van der Waals surface area contributed by atoms with Crippen LogP contribution in [-0.2, 0) is 12.8 Å². The maximum atomic E-state index is 8.92. The summed E-state index contributed by atoms with van der Waals surface area (Å²) in [6.07, 6.45) is 3.05. The van der Waals surface area contributed by atoms with Crippen LogP contribution in [0.25, 0.3) is 0 Å². The number of fused-ring (bicyclic) bond motifs is 1. The minimum atomic E-state index is -0.0658. The van der Waals surface area contributed by atoms with Crippen LogP contribution in [0.15, 0.2) is 6.07 Å². The molecule has 0 bridgehead atoms. The van der Waals surface area contributed by atoms with Gasteiger partial charge in [-0.2, -0.15) is 5.26 Å². The molecule has 4 heteroatoms. The fourth-order valence-corrected chi connectivity index (χ4v) is 1.79. The van der Waals surface area contributed by atoms with E-state index in [0.717, 1.165) is 30.5 Å². The van der Waals surface area contributed by atoms with Gasteiger partial charge in [0, 0.05) is 5.69 Å². The number of nitrogens with zero attached hydrogens (tertiary/aromatic N) is 2. The molecule has 78 valence electrons. The highest BCUT2D eigenvalue weighted by atomic mass is 16.5. The van der Waals surface area contributed by atoms with Gasteiger partial charge in [0.05, 0.1) is 6.61 Å². The number of rotatable bonds is 3. The molecule has 1 aliphatic carbocycles. The van der Waals surface area contributed by atoms with Gasteiger partial charge in [-0.1, -0.05) is 0 Å². The molecule has 0 spiro atoms. The molecule has 15 heavy (non-hydrogen) atoms. The lowest BCUT2D eigenvalue weighted by Crippen LogP contribution is -2.06. The van der Waals surface area contributed by atoms with Crippen molar-refractivity contribution < 1.29 is 9.84 Å². The monoisotopic (exact) mass is 204 g/mol. The van der Waals surface area contributed by atoms with Crippen molar-refractivity contribution in [1.29, 1.82) is 5.26 Å². The second kappa shape index (κ2) is 4.28. The minimum Gasteiger partial charge on any atom is -0.474 e. The van der Waals surface area contributed by atoms with Crippen molar-refractivity contribution in [2.24, 2.45) is 0 Å². The normalized spacial score (nSPS) is 13.3. The number of hydrogen-bond acceptors (Lipinski definition) is 4. The Bertz CT molecular complexity index is 410. The maximum Gasteiger partial charge on any atom is 0.232 e. The van der Waals surface area contributed by atoms with Crippen molar-refractivity contribution >= 4 is 0 Å². The van der Waals surface area contributed by atoms with E-state index >= 15 is 0 Å².